The molecule has 0 aliphatic carbocycles. The van der Waals surface area contributed by atoms with Crippen molar-refractivity contribution in [2.45, 2.75) is 0 Å². The van der Waals surface area contributed by atoms with Crippen LogP contribution in [0.3, 0.4) is 0 Å². The first-order valence-corrected chi connectivity index (χ1v) is 9.93. The zero-order valence-corrected chi connectivity index (χ0v) is 17.6. The van der Waals surface area contributed by atoms with Crippen molar-refractivity contribution in [3.63, 3.8) is 0 Å². The van der Waals surface area contributed by atoms with E-state index in [1.54, 1.807) is 40.8 Å². The Bertz CT molecular complexity index is 1390. The topological polar surface area (TPSA) is 84.8 Å². The number of amides is 1. The number of aromatic nitrogens is 2. The maximum Gasteiger partial charge on any atom is 0.269 e. The number of carbonyl (C=O) groups is 1. The van der Waals surface area contributed by atoms with Gasteiger partial charge in [0.05, 0.1) is 30.8 Å². The molecule has 4 rings (SSSR count). The molecule has 7 nitrogen and oxygen atoms in total. The fourth-order valence-electron chi connectivity index (χ4n) is 3.01. The average Bonchev–Trinajstić information content (AvgIpc) is 3.04. The number of hydrogen-bond acceptors (Lipinski definition) is 6. The lowest BCUT2D eigenvalue weighted by molar-refractivity contribution is 0.103. The maximum atomic E-state index is 13.0. The summed E-state index contributed by atoms with van der Waals surface area (Å²) in [6, 6.07) is 10.00. The molecule has 0 fully saturated rings. The molecule has 148 valence electrons. The van der Waals surface area contributed by atoms with Gasteiger partial charge in [0, 0.05) is 11.1 Å². The summed E-state index contributed by atoms with van der Waals surface area (Å²) in [6.45, 7) is 0. The number of nitrogens with zero attached hydrogens (tertiary/aromatic N) is 1. The molecule has 1 amide bonds. The lowest BCUT2D eigenvalue weighted by Gasteiger charge is -2.11. The van der Waals surface area contributed by atoms with Gasteiger partial charge in [0.2, 0.25) is 0 Å². The second kappa shape index (κ2) is 7.51. The van der Waals surface area contributed by atoms with Crippen molar-refractivity contribution in [1.29, 1.82) is 0 Å². The zero-order valence-electron chi connectivity index (χ0n) is 15.2. The van der Waals surface area contributed by atoms with E-state index in [0.717, 1.165) is 11.3 Å². The van der Waals surface area contributed by atoms with Gasteiger partial charge in [-0.05, 0) is 42.5 Å². The van der Waals surface area contributed by atoms with Crippen molar-refractivity contribution in [2.24, 2.45) is 0 Å². The minimum atomic E-state index is -0.431. The third-order valence-electron chi connectivity index (χ3n) is 4.35. The summed E-state index contributed by atoms with van der Waals surface area (Å²) in [5, 5.41) is 3.62. The number of carbonyl (C=O) groups excluding carboxylic acids is 1. The van der Waals surface area contributed by atoms with Gasteiger partial charge in [-0.3, -0.25) is 14.0 Å². The SMILES string of the molecule is COc1ccc(OC)c(NC(=O)c2sc(=S)n3c2[nH]c(=O)c2cc(Cl)ccc23)c1. The third-order valence-corrected chi connectivity index (χ3v) is 5.96. The normalized spacial score (nSPS) is 11.0. The molecule has 0 aliphatic heterocycles. The second-order valence-electron chi connectivity index (χ2n) is 6.02. The Kier molecular flexibility index (Phi) is 5.03. The molecule has 0 radical (unpaired) electrons. The molecule has 0 unspecified atom stereocenters. The van der Waals surface area contributed by atoms with Crippen molar-refractivity contribution in [2.75, 3.05) is 19.5 Å². The van der Waals surface area contributed by atoms with E-state index in [-0.39, 0.29) is 10.4 Å². The Balaban J connectivity index is 1.86. The summed E-state index contributed by atoms with van der Waals surface area (Å²) in [7, 11) is 3.03. The molecule has 4 aromatic rings. The predicted octanol–water partition coefficient (Wildman–Crippen LogP) is 4.49. The highest BCUT2D eigenvalue weighted by atomic mass is 35.5. The summed E-state index contributed by atoms with van der Waals surface area (Å²) in [5.74, 6) is 0.603. The van der Waals surface area contributed by atoms with Gasteiger partial charge in [-0.2, -0.15) is 0 Å². The average molecular weight is 448 g/mol. The standard InChI is InChI=1S/C19H14ClN3O4S2/c1-26-10-4-6-14(27-2)12(8-10)21-18(25)15-16-22-17(24)11-7-9(20)3-5-13(11)23(16)19(28)29-15/h3-8H,1-2H3,(H,21,25)(H,22,24). The molecule has 29 heavy (non-hydrogen) atoms. The number of fused-ring (bicyclic) bond motifs is 3. The molecule has 2 N–H and O–H groups in total. The Morgan fingerprint density at radius 3 is 2.72 bits per heavy atom. The molecule has 2 heterocycles. The van der Waals surface area contributed by atoms with Crippen LogP contribution >= 0.6 is 35.2 Å². The summed E-state index contributed by atoms with van der Waals surface area (Å²) in [4.78, 5) is 28.6. The number of H-pyrrole nitrogens is 1. The minimum Gasteiger partial charge on any atom is -0.497 e. The van der Waals surface area contributed by atoms with Gasteiger partial charge in [-0.25, -0.2) is 0 Å². The summed E-state index contributed by atoms with van der Waals surface area (Å²) >= 11 is 12.6. The van der Waals surface area contributed by atoms with E-state index in [4.69, 9.17) is 33.3 Å². The van der Waals surface area contributed by atoms with E-state index in [2.05, 4.69) is 10.3 Å². The number of methoxy groups -OCH3 is 2. The minimum absolute atomic E-state index is 0.272. The van der Waals surface area contributed by atoms with E-state index in [9.17, 15) is 9.59 Å². The number of halogens is 1. The van der Waals surface area contributed by atoms with Crippen LogP contribution in [0.5, 0.6) is 11.5 Å². The van der Waals surface area contributed by atoms with Crippen LogP contribution in [-0.4, -0.2) is 29.5 Å². The van der Waals surface area contributed by atoms with Crippen molar-refractivity contribution in [1.82, 2.24) is 9.38 Å². The van der Waals surface area contributed by atoms with Crippen molar-refractivity contribution < 1.29 is 14.3 Å². The molecule has 2 aromatic carbocycles. The van der Waals surface area contributed by atoms with Crippen LogP contribution in [0.25, 0.3) is 16.6 Å². The second-order valence-corrected chi connectivity index (χ2v) is 8.10. The Morgan fingerprint density at radius 1 is 1.21 bits per heavy atom. The lowest BCUT2D eigenvalue weighted by Crippen LogP contribution is -2.15. The third kappa shape index (κ3) is 3.37. The van der Waals surface area contributed by atoms with Crippen LogP contribution in [-0.2, 0) is 0 Å². The van der Waals surface area contributed by atoms with E-state index >= 15 is 0 Å². The lowest BCUT2D eigenvalue weighted by atomic mass is 10.2. The molecule has 0 spiro atoms. The van der Waals surface area contributed by atoms with E-state index in [0.29, 0.717) is 42.7 Å². The first-order valence-electron chi connectivity index (χ1n) is 8.33. The van der Waals surface area contributed by atoms with Crippen LogP contribution in [0, 0.1) is 3.95 Å². The van der Waals surface area contributed by atoms with Crippen molar-refractivity contribution in [3.8, 4) is 11.5 Å². The number of rotatable bonds is 4. The van der Waals surface area contributed by atoms with E-state index in [1.807, 2.05) is 0 Å². The first kappa shape index (κ1) is 19.4. The van der Waals surface area contributed by atoms with Crippen LogP contribution in [0.15, 0.2) is 41.2 Å². The van der Waals surface area contributed by atoms with E-state index in [1.165, 1.54) is 14.2 Å². The van der Waals surface area contributed by atoms with Gasteiger partial charge in [0.1, 0.15) is 22.0 Å². The molecular weight excluding hydrogens is 434 g/mol. The van der Waals surface area contributed by atoms with E-state index < -0.39 is 5.91 Å². The summed E-state index contributed by atoms with van der Waals surface area (Å²) in [5.41, 5.74) is 0.971. The van der Waals surface area contributed by atoms with Crippen LogP contribution < -0.4 is 20.3 Å². The van der Waals surface area contributed by atoms with Crippen molar-refractivity contribution >= 4 is 63.3 Å². The van der Waals surface area contributed by atoms with Crippen molar-refractivity contribution in [3.05, 3.63) is 60.6 Å². The smallest absolute Gasteiger partial charge is 0.269 e. The fraction of sp³-hybridized carbons (Fsp3) is 0.105. The van der Waals surface area contributed by atoms with Gasteiger partial charge < -0.3 is 19.8 Å². The van der Waals surface area contributed by atoms with Crippen LogP contribution in [0.1, 0.15) is 9.67 Å². The molecule has 2 aromatic heterocycles. The first-order chi connectivity index (χ1) is 13.9. The van der Waals surface area contributed by atoms with Crippen LogP contribution in [0.2, 0.25) is 5.02 Å². The highest BCUT2D eigenvalue weighted by Gasteiger charge is 2.19. The van der Waals surface area contributed by atoms with Gasteiger partial charge in [-0.1, -0.05) is 22.9 Å². The van der Waals surface area contributed by atoms with Gasteiger partial charge in [0.25, 0.3) is 11.5 Å². The van der Waals surface area contributed by atoms with Gasteiger partial charge in [-0.15, -0.1) is 0 Å². The highest BCUT2D eigenvalue weighted by Crippen LogP contribution is 2.31. The number of aromatic amines is 1. The molecule has 0 atom stereocenters. The highest BCUT2D eigenvalue weighted by molar-refractivity contribution is 7.73. The Hall–Kier alpha value is -2.88. The number of benzene rings is 2. The summed E-state index contributed by atoms with van der Waals surface area (Å²) in [6.07, 6.45) is 0. The predicted molar refractivity (Wildman–Crippen MR) is 117 cm³/mol. The number of anilines is 1. The Morgan fingerprint density at radius 2 is 2.00 bits per heavy atom. The largest absolute Gasteiger partial charge is 0.497 e. The summed E-state index contributed by atoms with van der Waals surface area (Å²) < 4.78 is 12.6. The monoisotopic (exact) mass is 447 g/mol. The number of nitrogens with one attached hydrogen (secondary N) is 2. The zero-order chi connectivity index (χ0) is 20.7. The molecule has 0 saturated carbocycles. The van der Waals surface area contributed by atoms with Gasteiger partial charge >= 0.3 is 0 Å². The number of ether oxygens (including phenoxy) is 2. The number of hydrogen-bond donors (Lipinski definition) is 2. The number of thiazole rings is 1. The molecule has 10 heteroatoms. The van der Waals surface area contributed by atoms with Crippen LogP contribution in [0.4, 0.5) is 5.69 Å². The molecule has 0 bridgehead atoms. The molecule has 0 aliphatic rings. The molecular formula is C19H14ClN3O4S2. The fourth-order valence-corrected chi connectivity index (χ4v) is 4.46. The maximum absolute atomic E-state index is 13.0. The van der Waals surface area contributed by atoms with Gasteiger partial charge in [0.15, 0.2) is 3.95 Å². The quantitative estimate of drug-likeness (QED) is 0.450. The molecule has 0 saturated heterocycles. The Labute approximate surface area is 178 Å².